The quantitative estimate of drug-likeness (QED) is 0.534. The molecule has 4 aromatic rings. The van der Waals surface area contributed by atoms with Crippen LogP contribution in [0.15, 0.2) is 97.3 Å². The summed E-state index contributed by atoms with van der Waals surface area (Å²) < 4.78 is 7.81. The third-order valence-electron chi connectivity index (χ3n) is 4.96. The molecule has 1 aliphatic rings. The molecule has 0 saturated carbocycles. The molecule has 5 heteroatoms. The number of hydrogen-bond acceptors (Lipinski definition) is 4. The lowest BCUT2D eigenvalue weighted by Gasteiger charge is -2.24. The molecule has 142 valence electrons. The van der Waals surface area contributed by atoms with Gasteiger partial charge in [-0.2, -0.15) is 10.1 Å². The van der Waals surface area contributed by atoms with Crippen LogP contribution in [0.3, 0.4) is 0 Å². The first kappa shape index (κ1) is 17.3. The van der Waals surface area contributed by atoms with Crippen molar-refractivity contribution in [1.29, 1.82) is 0 Å². The Balaban J connectivity index is 1.40. The van der Waals surface area contributed by atoms with Crippen molar-refractivity contribution in [3.05, 3.63) is 114 Å². The van der Waals surface area contributed by atoms with Gasteiger partial charge in [-0.05, 0) is 34.9 Å². The summed E-state index contributed by atoms with van der Waals surface area (Å²) in [4.78, 5) is 4.36. The molecular formula is C24H20N4O. The Labute approximate surface area is 169 Å². The first-order valence-corrected chi connectivity index (χ1v) is 9.57. The molecule has 1 N–H and O–H groups in total. The molecule has 0 spiro atoms. The zero-order chi connectivity index (χ0) is 19.5. The van der Waals surface area contributed by atoms with Crippen molar-refractivity contribution in [2.75, 3.05) is 5.32 Å². The van der Waals surface area contributed by atoms with Crippen LogP contribution in [0.2, 0.25) is 0 Å². The molecule has 0 unspecified atom stereocenters. The lowest BCUT2D eigenvalue weighted by molar-refractivity contribution is 0.306. The molecule has 2 heterocycles. The van der Waals surface area contributed by atoms with Crippen LogP contribution in [0, 0.1) is 0 Å². The van der Waals surface area contributed by atoms with E-state index in [0.29, 0.717) is 6.61 Å². The van der Waals surface area contributed by atoms with Gasteiger partial charge in [0.15, 0.2) is 0 Å². The SMILES string of the molecule is C1=C(c2ccccc2)Nc2ncnn2[C@H]1c1ccc(OCc2ccccc2)cc1. The van der Waals surface area contributed by atoms with Crippen molar-refractivity contribution >= 4 is 11.6 Å². The largest absolute Gasteiger partial charge is 0.489 e. The molecular weight excluding hydrogens is 360 g/mol. The second-order valence-electron chi connectivity index (χ2n) is 6.89. The fourth-order valence-electron chi connectivity index (χ4n) is 3.46. The van der Waals surface area contributed by atoms with Crippen LogP contribution >= 0.6 is 0 Å². The molecule has 0 fully saturated rings. The minimum atomic E-state index is -0.0351. The smallest absolute Gasteiger partial charge is 0.226 e. The number of fused-ring (bicyclic) bond motifs is 1. The maximum atomic E-state index is 5.92. The number of aromatic nitrogens is 3. The Morgan fingerprint density at radius 3 is 2.34 bits per heavy atom. The summed E-state index contributed by atoms with van der Waals surface area (Å²) >= 11 is 0. The Morgan fingerprint density at radius 2 is 1.59 bits per heavy atom. The van der Waals surface area contributed by atoms with Crippen molar-refractivity contribution in [3.8, 4) is 5.75 Å². The molecule has 0 saturated heterocycles. The van der Waals surface area contributed by atoms with E-state index >= 15 is 0 Å². The van der Waals surface area contributed by atoms with Crippen molar-refractivity contribution in [3.63, 3.8) is 0 Å². The van der Waals surface area contributed by atoms with Gasteiger partial charge in [0.05, 0.1) is 0 Å². The van der Waals surface area contributed by atoms with Gasteiger partial charge in [-0.25, -0.2) is 4.68 Å². The van der Waals surface area contributed by atoms with E-state index in [-0.39, 0.29) is 6.04 Å². The first-order valence-electron chi connectivity index (χ1n) is 9.57. The normalized spacial score (nSPS) is 15.2. The van der Waals surface area contributed by atoms with Gasteiger partial charge in [-0.3, -0.25) is 0 Å². The standard InChI is InChI=1S/C24H20N4O/c1-3-7-18(8-4-1)16-29-21-13-11-20(12-14-21)23-15-22(19-9-5-2-6-10-19)27-24-25-17-26-28(23)24/h1-15,17,23H,16H2,(H,25,26,27)/t23-/m1/s1. The summed E-state index contributed by atoms with van der Waals surface area (Å²) in [5, 5.41) is 7.78. The van der Waals surface area contributed by atoms with Gasteiger partial charge in [-0.1, -0.05) is 72.8 Å². The number of rotatable bonds is 5. The average molecular weight is 380 g/mol. The molecule has 5 nitrogen and oxygen atoms in total. The highest BCUT2D eigenvalue weighted by Gasteiger charge is 2.23. The van der Waals surface area contributed by atoms with Crippen molar-refractivity contribution in [1.82, 2.24) is 14.8 Å². The van der Waals surface area contributed by atoms with Crippen molar-refractivity contribution < 1.29 is 4.74 Å². The van der Waals surface area contributed by atoms with Crippen LogP contribution in [0.4, 0.5) is 5.95 Å². The van der Waals surface area contributed by atoms with E-state index in [9.17, 15) is 0 Å². The lowest BCUT2D eigenvalue weighted by Crippen LogP contribution is -2.20. The van der Waals surface area contributed by atoms with Gasteiger partial charge in [0.1, 0.15) is 24.7 Å². The number of benzene rings is 3. The summed E-state index contributed by atoms with van der Waals surface area (Å²) in [6, 6.07) is 28.6. The Hall–Kier alpha value is -3.86. The molecule has 0 bridgehead atoms. The maximum Gasteiger partial charge on any atom is 0.226 e. The van der Waals surface area contributed by atoms with Crippen molar-refractivity contribution in [2.24, 2.45) is 0 Å². The topological polar surface area (TPSA) is 52.0 Å². The van der Waals surface area contributed by atoms with E-state index in [1.54, 1.807) is 6.33 Å². The van der Waals surface area contributed by atoms with Gasteiger partial charge in [0.25, 0.3) is 0 Å². The summed E-state index contributed by atoms with van der Waals surface area (Å²) in [7, 11) is 0. The second-order valence-corrected chi connectivity index (χ2v) is 6.89. The van der Waals surface area contributed by atoms with Gasteiger partial charge >= 0.3 is 0 Å². The molecule has 1 atom stereocenters. The molecule has 29 heavy (non-hydrogen) atoms. The summed E-state index contributed by atoms with van der Waals surface area (Å²) in [5.74, 6) is 1.58. The van der Waals surface area contributed by atoms with Crippen LogP contribution in [-0.2, 0) is 6.61 Å². The van der Waals surface area contributed by atoms with Gasteiger partial charge in [0.2, 0.25) is 5.95 Å². The number of ether oxygens (including phenoxy) is 1. The van der Waals surface area contributed by atoms with Gasteiger partial charge in [0, 0.05) is 5.70 Å². The fourth-order valence-corrected chi connectivity index (χ4v) is 3.46. The van der Waals surface area contributed by atoms with E-state index in [2.05, 4.69) is 57.9 Å². The van der Waals surface area contributed by atoms with Crippen LogP contribution in [0.25, 0.3) is 5.70 Å². The summed E-state index contributed by atoms with van der Waals surface area (Å²) in [6.07, 6.45) is 3.76. The van der Waals surface area contributed by atoms with Crippen LogP contribution in [0.1, 0.15) is 22.7 Å². The Kier molecular flexibility index (Phi) is 4.54. The Bertz CT molecular complexity index is 1120. The molecule has 1 aliphatic heterocycles. The minimum absolute atomic E-state index is 0.0351. The van der Waals surface area contributed by atoms with Crippen LogP contribution in [-0.4, -0.2) is 14.8 Å². The predicted octanol–water partition coefficient (Wildman–Crippen LogP) is 4.91. The van der Waals surface area contributed by atoms with E-state index < -0.39 is 0 Å². The fraction of sp³-hybridized carbons (Fsp3) is 0.0833. The summed E-state index contributed by atoms with van der Waals surface area (Å²) in [6.45, 7) is 0.554. The van der Waals surface area contributed by atoms with E-state index in [1.807, 2.05) is 53.2 Å². The molecule has 3 aromatic carbocycles. The van der Waals surface area contributed by atoms with Gasteiger partial charge < -0.3 is 10.1 Å². The third-order valence-corrected chi connectivity index (χ3v) is 4.96. The maximum absolute atomic E-state index is 5.92. The highest BCUT2D eigenvalue weighted by molar-refractivity contribution is 5.77. The second kappa shape index (κ2) is 7.64. The monoisotopic (exact) mass is 380 g/mol. The number of nitrogens with zero attached hydrogens (tertiary/aromatic N) is 3. The highest BCUT2D eigenvalue weighted by atomic mass is 16.5. The number of nitrogens with one attached hydrogen (secondary N) is 1. The molecule has 0 aliphatic carbocycles. The van der Waals surface area contributed by atoms with Crippen molar-refractivity contribution in [2.45, 2.75) is 12.6 Å². The highest BCUT2D eigenvalue weighted by Crippen LogP contribution is 2.32. The average Bonchev–Trinajstić information content (AvgIpc) is 3.28. The molecule has 0 amide bonds. The number of anilines is 1. The zero-order valence-electron chi connectivity index (χ0n) is 15.8. The zero-order valence-corrected chi connectivity index (χ0v) is 15.8. The van der Waals surface area contributed by atoms with Gasteiger partial charge in [-0.15, -0.1) is 0 Å². The van der Waals surface area contributed by atoms with E-state index in [0.717, 1.165) is 34.1 Å². The first-order chi connectivity index (χ1) is 14.4. The molecule has 1 aromatic heterocycles. The van der Waals surface area contributed by atoms with E-state index in [1.165, 1.54) is 0 Å². The predicted molar refractivity (Wildman–Crippen MR) is 113 cm³/mol. The summed E-state index contributed by atoms with van der Waals surface area (Å²) in [5.41, 5.74) is 4.42. The van der Waals surface area contributed by atoms with Crippen LogP contribution < -0.4 is 10.1 Å². The lowest BCUT2D eigenvalue weighted by atomic mass is 10.0. The molecule has 5 rings (SSSR count). The van der Waals surface area contributed by atoms with Crippen LogP contribution in [0.5, 0.6) is 5.75 Å². The number of hydrogen-bond donors (Lipinski definition) is 1. The van der Waals surface area contributed by atoms with E-state index in [4.69, 9.17) is 4.74 Å². The number of allylic oxidation sites excluding steroid dienone is 1. The third kappa shape index (κ3) is 3.62. The molecule has 0 radical (unpaired) electrons. The minimum Gasteiger partial charge on any atom is -0.489 e. The Morgan fingerprint density at radius 1 is 0.862 bits per heavy atom.